The first-order chi connectivity index (χ1) is 9.99. The van der Waals surface area contributed by atoms with Crippen molar-refractivity contribution in [3.63, 3.8) is 0 Å². The quantitative estimate of drug-likeness (QED) is 0.559. The van der Waals surface area contributed by atoms with Crippen molar-refractivity contribution >= 4 is 11.6 Å². The molecule has 0 radical (unpaired) electrons. The summed E-state index contributed by atoms with van der Waals surface area (Å²) < 4.78 is 43.5. The molecule has 1 aromatic heterocycles. The lowest BCUT2D eigenvalue weighted by Crippen LogP contribution is -2.39. The molecule has 0 amide bonds. The van der Waals surface area contributed by atoms with E-state index >= 15 is 0 Å². The van der Waals surface area contributed by atoms with Gasteiger partial charge in [-0.1, -0.05) is 0 Å². The van der Waals surface area contributed by atoms with Crippen LogP contribution in [0.1, 0.15) is 5.56 Å². The summed E-state index contributed by atoms with van der Waals surface area (Å²) in [7, 11) is 0. The summed E-state index contributed by atoms with van der Waals surface area (Å²) in [4.78, 5) is 6.13. The second kappa shape index (κ2) is 6.92. The minimum Gasteiger partial charge on any atom is -0.379 e. The summed E-state index contributed by atoms with van der Waals surface area (Å²) in [5, 5.41) is 2.89. The van der Waals surface area contributed by atoms with Gasteiger partial charge in [0.15, 0.2) is 0 Å². The number of hydrazine groups is 1. The Labute approximate surface area is 120 Å². The molecule has 0 bridgehead atoms. The summed E-state index contributed by atoms with van der Waals surface area (Å²) in [5.41, 5.74) is 1.35. The molecule has 2 heterocycles. The molecular formula is C12H18F3N5O. The Kier molecular flexibility index (Phi) is 5.21. The van der Waals surface area contributed by atoms with E-state index in [1.54, 1.807) is 0 Å². The lowest BCUT2D eigenvalue weighted by molar-refractivity contribution is -0.137. The lowest BCUT2D eigenvalue weighted by atomic mass is 10.2. The van der Waals surface area contributed by atoms with Gasteiger partial charge in [-0.15, -0.1) is 0 Å². The second-order valence-corrected chi connectivity index (χ2v) is 4.65. The van der Waals surface area contributed by atoms with Crippen LogP contribution in [0.4, 0.5) is 24.8 Å². The highest BCUT2D eigenvalue weighted by Gasteiger charge is 2.31. The third-order valence-corrected chi connectivity index (χ3v) is 3.14. The number of nitrogens with zero attached hydrogens (tertiary/aromatic N) is 2. The van der Waals surface area contributed by atoms with E-state index in [9.17, 15) is 13.2 Å². The minimum absolute atomic E-state index is 0.0290. The van der Waals surface area contributed by atoms with Crippen LogP contribution in [0, 0.1) is 0 Å². The SMILES string of the molecule is NNc1cc(C(F)(F)F)cc(NCCN2CCOCC2)n1. The van der Waals surface area contributed by atoms with Crippen molar-refractivity contribution in [1.29, 1.82) is 0 Å². The normalized spacial score (nSPS) is 16.8. The monoisotopic (exact) mass is 305 g/mol. The predicted octanol–water partition coefficient (Wildman–Crippen LogP) is 1.13. The maximum atomic E-state index is 12.8. The number of nitrogen functional groups attached to an aromatic ring is 1. The summed E-state index contributed by atoms with van der Waals surface area (Å²) >= 11 is 0. The number of anilines is 2. The first kappa shape index (κ1) is 15.8. The molecule has 9 heteroatoms. The summed E-state index contributed by atoms with van der Waals surface area (Å²) in [6.07, 6.45) is -4.44. The molecule has 0 aliphatic carbocycles. The molecule has 1 aromatic rings. The highest BCUT2D eigenvalue weighted by atomic mass is 19.4. The first-order valence-electron chi connectivity index (χ1n) is 6.59. The van der Waals surface area contributed by atoms with E-state index in [0.717, 1.165) is 25.2 Å². The topological polar surface area (TPSA) is 75.4 Å². The number of pyridine rings is 1. The van der Waals surface area contributed by atoms with Gasteiger partial charge in [-0.25, -0.2) is 10.8 Å². The molecule has 6 nitrogen and oxygen atoms in total. The van der Waals surface area contributed by atoms with Crippen LogP contribution in [0.3, 0.4) is 0 Å². The van der Waals surface area contributed by atoms with Crippen molar-refractivity contribution in [3.05, 3.63) is 17.7 Å². The fraction of sp³-hybridized carbons (Fsp3) is 0.583. The number of alkyl halides is 3. The van der Waals surface area contributed by atoms with E-state index in [1.165, 1.54) is 0 Å². The zero-order valence-corrected chi connectivity index (χ0v) is 11.4. The molecule has 0 atom stereocenters. The number of halogens is 3. The van der Waals surface area contributed by atoms with Crippen molar-refractivity contribution < 1.29 is 17.9 Å². The fourth-order valence-corrected chi connectivity index (χ4v) is 2.03. The van der Waals surface area contributed by atoms with Crippen molar-refractivity contribution in [2.45, 2.75) is 6.18 Å². The number of aromatic nitrogens is 1. The van der Waals surface area contributed by atoms with Crippen molar-refractivity contribution in [2.75, 3.05) is 50.1 Å². The van der Waals surface area contributed by atoms with Crippen LogP contribution in [0.5, 0.6) is 0 Å². The van der Waals surface area contributed by atoms with Gasteiger partial charge < -0.3 is 15.5 Å². The van der Waals surface area contributed by atoms with E-state index in [4.69, 9.17) is 10.6 Å². The Bertz CT molecular complexity index is 463. The van der Waals surface area contributed by atoms with E-state index in [2.05, 4.69) is 20.6 Å². The number of rotatable bonds is 5. The largest absolute Gasteiger partial charge is 0.416 e. The van der Waals surface area contributed by atoms with Crippen molar-refractivity contribution in [3.8, 4) is 0 Å². The zero-order valence-electron chi connectivity index (χ0n) is 11.4. The molecular weight excluding hydrogens is 287 g/mol. The zero-order chi connectivity index (χ0) is 15.3. The maximum Gasteiger partial charge on any atom is 0.416 e. The minimum atomic E-state index is -4.44. The van der Waals surface area contributed by atoms with Gasteiger partial charge >= 0.3 is 6.18 Å². The molecule has 21 heavy (non-hydrogen) atoms. The molecule has 1 fully saturated rings. The molecule has 1 aliphatic rings. The smallest absolute Gasteiger partial charge is 0.379 e. The molecule has 0 unspecified atom stereocenters. The average Bonchev–Trinajstić information content (AvgIpc) is 2.47. The Morgan fingerprint density at radius 2 is 1.90 bits per heavy atom. The first-order valence-corrected chi connectivity index (χ1v) is 6.59. The Morgan fingerprint density at radius 3 is 2.52 bits per heavy atom. The van der Waals surface area contributed by atoms with Gasteiger partial charge in [0.1, 0.15) is 11.6 Å². The van der Waals surface area contributed by atoms with Gasteiger partial charge in [-0.05, 0) is 12.1 Å². The maximum absolute atomic E-state index is 12.8. The van der Waals surface area contributed by atoms with Gasteiger partial charge in [0.25, 0.3) is 0 Å². The fourth-order valence-electron chi connectivity index (χ4n) is 2.03. The Hall–Kier alpha value is -1.58. The Balaban J connectivity index is 1.95. The van der Waals surface area contributed by atoms with Gasteiger partial charge in [0, 0.05) is 26.2 Å². The van der Waals surface area contributed by atoms with E-state index in [1.807, 2.05) is 0 Å². The van der Waals surface area contributed by atoms with Crippen molar-refractivity contribution in [2.24, 2.45) is 5.84 Å². The highest BCUT2D eigenvalue weighted by molar-refractivity contribution is 5.49. The van der Waals surface area contributed by atoms with Crippen LogP contribution in [0.2, 0.25) is 0 Å². The van der Waals surface area contributed by atoms with Gasteiger partial charge in [-0.2, -0.15) is 13.2 Å². The second-order valence-electron chi connectivity index (χ2n) is 4.65. The highest BCUT2D eigenvalue weighted by Crippen LogP contribution is 2.31. The van der Waals surface area contributed by atoms with Crippen LogP contribution in [0.25, 0.3) is 0 Å². The Morgan fingerprint density at radius 1 is 1.24 bits per heavy atom. The standard InChI is InChI=1S/C12H18F3N5O/c13-12(14,15)9-7-10(18-11(8-9)19-16)17-1-2-20-3-5-21-6-4-20/h7-8H,1-6,16H2,(H2,17,18,19). The third kappa shape index (κ3) is 4.73. The molecule has 118 valence electrons. The van der Waals surface area contributed by atoms with Crippen LogP contribution >= 0.6 is 0 Å². The number of nitrogens with two attached hydrogens (primary N) is 1. The molecule has 1 aliphatic heterocycles. The number of nitrogens with one attached hydrogen (secondary N) is 2. The molecule has 2 rings (SSSR count). The van der Waals surface area contributed by atoms with Gasteiger partial charge in [0.05, 0.1) is 18.8 Å². The summed E-state index contributed by atoms with van der Waals surface area (Å²) in [6, 6.07) is 1.84. The number of ether oxygens (including phenoxy) is 1. The van der Waals surface area contributed by atoms with Crippen molar-refractivity contribution in [1.82, 2.24) is 9.88 Å². The molecule has 0 spiro atoms. The van der Waals surface area contributed by atoms with Gasteiger partial charge in [-0.3, -0.25) is 4.90 Å². The van der Waals surface area contributed by atoms with E-state index in [-0.39, 0.29) is 11.6 Å². The summed E-state index contributed by atoms with van der Waals surface area (Å²) in [5.74, 6) is 5.26. The van der Waals surface area contributed by atoms with E-state index < -0.39 is 11.7 Å². The number of hydrogen-bond donors (Lipinski definition) is 3. The summed E-state index contributed by atoms with van der Waals surface area (Å²) in [6.45, 7) is 4.23. The van der Waals surface area contributed by atoms with Crippen LogP contribution in [-0.2, 0) is 10.9 Å². The van der Waals surface area contributed by atoms with Crippen LogP contribution in [-0.4, -0.2) is 49.3 Å². The number of hydrogen-bond acceptors (Lipinski definition) is 6. The molecule has 0 aromatic carbocycles. The molecule has 1 saturated heterocycles. The predicted molar refractivity (Wildman–Crippen MR) is 72.8 cm³/mol. The average molecular weight is 305 g/mol. The van der Waals surface area contributed by atoms with E-state index in [0.29, 0.717) is 26.3 Å². The lowest BCUT2D eigenvalue weighted by Gasteiger charge is -2.26. The number of morpholine rings is 1. The van der Waals surface area contributed by atoms with Crippen LogP contribution < -0.4 is 16.6 Å². The van der Waals surface area contributed by atoms with Crippen LogP contribution in [0.15, 0.2) is 12.1 Å². The molecule has 4 N–H and O–H groups in total. The van der Waals surface area contributed by atoms with Gasteiger partial charge in [0.2, 0.25) is 0 Å². The third-order valence-electron chi connectivity index (χ3n) is 3.14. The molecule has 0 saturated carbocycles.